The summed E-state index contributed by atoms with van der Waals surface area (Å²) in [7, 11) is 0. The van der Waals surface area contributed by atoms with E-state index < -0.39 is 42.4 Å². The fourth-order valence-electron chi connectivity index (χ4n) is 3.28. The lowest BCUT2D eigenvalue weighted by atomic mass is 9.84. The summed E-state index contributed by atoms with van der Waals surface area (Å²) in [6, 6.07) is 13.0. The molecule has 0 bridgehead atoms. The van der Waals surface area contributed by atoms with Crippen molar-refractivity contribution in [2.24, 2.45) is 5.73 Å². The molecule has 2 heterocycles. The maximum absolute atomic E-state index is 10.3. The van der Waals surface area contributed by atoms with Gasteiger partial charge in [-0.2, -0.15) is 10.5 Å². The van der Waals surface area contributed by atoms with Gasteiger partial charge in [0.25, 0.3) is 0 Å². The van der Waals surface area contributed by atoms with Crippen LogP contribution in [0.2, 0.25) is 0 Å². The van der Waals surface area contributed by atoms with Crippen LogP contribution in [0.4, 0.5) is 0 Å². The van der Waals surface area contributed by atoms with E-state index in [1.807, 2.05) is 12.1 Å². The molecule has 152 valence electrons. The maximum atomic E-state index is 10.3. The number of dihydropyridines is 1. The molecule has 2 aliphatic heterocycles. The molecule has 0 radical (unpaired) electrons. The number of thioether (sulfide) groups is 1. The Morgan fingerprint density at radius 2 is 1.69 bits per heavy atom. The smallest absolute Gasteiger partial charge is 0.138 e. The van der Waals surface area contributed by atoms with Crippen LogP contribution in [-0.2, 0) is 4.74 Å². The summed E-state index contributed by atoms with van der Waals surface area (Å²) in [5.74, 6) is -0.646. The molecule has 0 amide bonds. The molecule has 0 saturated carbocycles. The third-order valence-corrected chi connectivity index (χ3v) is 6.00. The van der Waals surface area contributed by atoms with Crippen molar-refractivity contribution < 1.29 is 25.2 Å². The average molecular weight is 416 g/mol. The number of allylic oxidation sites excluding steroid dienone is 2. The molecule has 0 aromatic heterocycles. The molecule has 1 fully saturated rings. The molecule has 0 spiro atoms. The van der Waals surface area contributed by atoms with Crippen LogP contribution in [0.1, 0.15) is 11.5 Å². The van der Waals surface area contributed by atoms with Crippen LogP contribution in [0.5, 0.6) is 0 Å². The molecule has 2 aliphatic rings. The number of aliphatic hydroxyl groups is 4. The Labute approximate surface area is 171 Å². The van der Waals surface area contributed by atoms with Gasteiger partial charge in [0.05, 0.1) is 40.8 Å². The average Bonchev–Trinajstić information content (AvgIpc) is 2.74. The summed E-state index contributed by atoms with van der Waals surface area (Å²) < 4.78 is 5.50. The van der Waals surface area contributed by atoms with Gasteiger partial charge in [-0.1, -0.05) is 42.1 Å². The van der Waals surface area contributed by atoms with Crippen molar-refractivity contribution in [1.82, 2.24) is 5.32 Å². The Morgan fingerprint density at radius 1 is 1.03 bits per heavy atom. The van der Waals surface area contributed by atoms with Crippen molar-refractivity contribution in [1.29, 1.82) is 10.5 Å². The van der Waals surface area contributed by atoms with Crippen molar-refractivity contribution in [3.8, 4) is 12.1 Å². The highest BCUT2D eigenvalue weighted by Crippen LogP contribution is 2.42. The number of aliphatic hydroxyl groups excluding tert-OH is 4. The molecule has 9 nitrogen and oxygen atoms in total. The molecule has 10 heteroatoms. The predicted octanol–water partition coefficient (Wildman–Crippen LogP) is -0.664. The lowest BCUT2D eigenvalue weighted by Crippen LogP contribution is -2.57. The highest BCUT2D eigenvalue weighted by molar-refractivity contribution is 8.03. The van der Waals surface area contributed by atoms with Gasteiger partial charge in [0.2, 0.25) is 0 Å². The Bertz CT molecular complexity index is 905. The van der Waals surface area contributed by atoms with E-state index >= 15 is 0 Å². The normalized spacial score (nSPS) is 32.3. The largest absolute Gasteiger partial charge is 0.394 e. The van der Waals surface area contributed by atoms with E-state index in [9.17, 15) is 30.9 Å². The number of nitriles is 2. The van der Waals surface area contributed by atoms with Crippen molar-refractivity contribution >= 4 is 11.8 Å². The molecule has 1 aromatic rings. The Balaban J connectivity index is 1.99. The van der Waals surface area contributed by atoms with E-state index in [2.05, 4.69) is 11.4 Å². The van der Waals surface area contributed by atoms with Crippen molar-refractivity contribution in [2.45, 2.75) is 35.8 Å². The van der Waals surface area contributed by atoms with E-state index in [0.29, 0.717) is 5.56 Å². The Hall–Kier alpha value is -2.57. The molecule has 0 aliphatic carbocycles. The fraction of sp³-hybridized carbons (Fsp3) is 0.368. The standard InChI is InChI=1S/C19H20N4O5S/c20-6-10-13(9-4-2-1-3-5-9)11(7-21)18(23-17(10)22)29-19-16(27)15(26)14(25)12(8-24)28-19/h1-5,12-16,19,23-27H,8,22H2/t12-,13?,14-,15+,16-,19+/m1/s1. The lowest BCUT2D eigenvalue weighted by Gasteiger charge is -2.40. The number of nitrogens with zero attached hydrogens (tertiary/aromatic N) is 2. The third-order valence-electron chi connectivity index (χ3n) is 4.82. The zero-order chi connectivity index (χ0) is 21.1. The van der Waals surface area contributed by atoms with Gasteiger partial charge < -0.3 is 36.2 Å². The van der Waals surface area contributed by atoms with Gasteiger partial charge in [0, 0.05) is 0 Å². The van der Waals surface area contributed by atoms with Crippen LogP contribution >= 0.6 is 11.8 Å². The first kappa shape index (κ1) is 21.1. The van der Waals surface area contributed by atoms with E-state index in [-0.39, 0.29) is 22.0 Å². The lowest BCUT2D eigenvalue weighted by molar-refractivity contribution is -0.205. The van der Waals surface area contributed by atoms with Crippen LogP contribution in [0.3, 0.4) is 0 Å². The number of rotatable bonds is 4. The van der Waals surface area contributed by atoms with Gasteiger partial charge in [-0.25, -0.2) is 0 Å². The number of hydrogen-bond donors (Lipinski definition) is 6. The van der Waals surface area contributed by atoms with Crippen LogP contribution in [0.15, 0.2) is 52.3 Å². The van der Waals surface area contributed by atoms with Crippen LogP contribution in [0, 0.1) is 22.7 Å². The molecule has 3 rings (SSSR count). The summed E-state index contributed by atoms with van der Waals surface area (Å²) in [6.07, 6.45) is -5.58. The molecule has 6 atom stereocenters. The second-order valence-electron chi connectivity index (χ2n) is 6.58. The zero-order valence-corrected chi connectivity index (χ0v) is 16.0. The molecular formula is C19H20N4O5S. The number of nitrogens with one attached hydrogen (secondary N) is 1. The van der Waals surface area contributed by atoms with Crippen LogP contribution in [0.25, 0.3) is 0 Å². The second-order valence-corrected chi connectivity index (χ2v) is 7.69. The Morgan fingerprint density at radius 3 is 2.28 bits per heavy atom. The predicted molar refractivity (Wildman–Crippen MR) is 103 cm³/mol. The minimum Gasteiger partial charge on any atom is -0.394 e. The highest BCUT2D eigenvalue weighted by atomic mass is 32.2. The van der Waals surface area contributed by atoms with E-state index in [1.54, 1.807) is 24.3 Å². The first-order valence-electron chi connectivity index (χ1n) is 8.76. The van der Waals surface area contributed by atoms with Gasteiger partial charge >= 0.3 is 0 Å². The summed E-state index contributed by atoms with van der Waals surface area (Å²) in [6.45, 7) is -0.563. The number of benzene rings is 1. The minimum absolute atomic E-state index is 0.0624. The maximum Gasteiger partial charge on any atom is 0.138 e. The molecule has 1 unspecified atom stereocenters. The first-order valence-corrected chi connectivity index (χ1v) is 9.64. The van der Waals surface area contributed by atoms with Crippen LogP contribution < -0.4 is 11.1 Å². The highest BCUT2D eigenvalue weighted by Gasteiger charge is 2.45. The molecule has 29 heavy (non-hydrogen) atoms. The van der Waals surface area contributed by atoms with E-state index in [0.717, 1.165) is 11.8 Å². The van der Waals surface area contributed by atoms with Gasteiger partial charge in [-0.05, 0) is 5.56 Å². The SMILES string of the molecule is N#CC1=C(N)NC(S[C@@H]2O[C@H](CO)[C@@H](O)[C@H](O)[C@H]2O)=C(C#N)C1c1ccccc1. The quantitative estimate of drug-likeness (QED) is 0.369. The van der Waals surface area contributed by atoms with Crippen molar-refractivity contribution in [3.05, 3.63) is 57.9 Å². The van der Waals surface area contributed by atoms with E-state index in [4.69, 9.17) is 10.5 Å². The van der Waals surface area contributed by atoms with Gasteiger partial charge in [-0.15, -0.1) is 0 Å². The van der Waals surface area contributed by atoms with Crippen LogP contribution in [-0.4, -0.2) is 56.9 Å². The van der Waals surface area contributed by atoms with Gasteiger partial charge in [0.1, 0.15) is 35.7 Å². The number of nitrogens with two attached hydrogens (primary N) is 1. The van der Waals surface area contributed by atoms with Crippen molar-refractivity contribution in [2.75, 3.05) is 6.61 Å². The Kier molecular flexibility index (Phi) is 6.45. The first-order chi connectivity index (χ1) is 13.9. The van der Waals surface area contributed by atoms with Gasteiger partial charge in [-0.3, -0.25) is 0 Å². The van der Waals surface area contributed by atoms with E-state index in [1.165, 1.54) is 0 Å². The summed E-state index contributed by atoms with van der Waals surface area (Å²) in [5, 5.41) is 62.0. The van der Waals surface area contributed by atoms with Gasteiger partial charge in [0.15, 0.2) is 0 Å². The fourth-order valence-corrected chi connectivity index (χ4v) is 4.47. The minimum atomic E-state index is -1.54. The molecule has 7 N–H and O–H groups in total. The number of hydrogen-bond acceptors (Lipinski definition) is 10. The number of ether oxygens (including phenoxy) is 1. The van der Waals surface area contributed by atoms with Crippen molar-refractivity contribution in [3.63, 3.8) is 0 Å². The topological polar surface area (TPSA) is 176 Å². The summed E-state index contributed by atoms with van der Waals surface area (Å²) in [4.78, 5) is 0. The monoisotopic (exact) mass is 416 g/mol. The second kappa shape index (κ2) is 8.84. The molecule has 1 saturated heterocycles. The third kappa shape index (κ3) is 3.95. The zero-order valence-electron chi connectivity index (χ0n) is 15.1. The molecule has 1 aromatic carbocycles. The summed E-state index contributed by atoms with van der Waals surface area (Å²) >= 11 is 0.890. The molecular weight excluding hydrogens is 396 g/mol. The summed E-state index contributed by atoms with van der Waals surface area (Å²) in [5.41, 5.74) is 6.01.